The monoisotopic (exact) mass is 275 g/mol. The van der Waals surface area contributed by atoms with Gasteiger partial charge < -0.3 is 9.64 Å². The Labute approximate surface area is 115 Å². The first kappa shape index (κ1) is 13.1. The molecule has 0 atom stereocenters. The Kier molecular flexibility index (Phi) is 3.78. The maximum atomic E-state index is 9.09. The SMILES string of the molecule is COc1nc(Cl)nc(N(C)c2ccccc2C#N)n1. The molecule has 7 heteroatoms. The van der Waals surface area contributed by atoms with E-state index >= 15 is 0 Å². The molecule has 19 heavy (non-hydrogen) atoms. The van der Waals surface area contributed by atoms with Crippen molar-refractivity contribution in [3.8, 4) is 12.1 Å². The third-order valence-corrected chi connectivity index (χ3v) is 2.61. The van der Waals surface area contributed by atoms with Crippen LogP contribution in [0.25, 0.3) is 0 Å². The highest BCUT2D eigenvalue weighted by atomic mass is 35.5. The van der Waals surface area contributed by atoms with E-state index in [-0.39, 0.29) is 11.3 Å². The minimum Gasteiger partial charge on any atom is -0.467 e. The Balaban J connectivity index is 2.47. The molecule has 0 radical (unpaired) electrons. The standard InChI is InChI=1S/C12H10ClN5O/c1-18(9-6-4-3-5-8(9)7-14)11-15-10(13)16-12(17-11)19-2/h3-6H,1-2H3. The number of rotatable bonds is 3. The summed E-state index contributed by atoms with van der Waals surface area (Å²) in [5, 5.41) is 9.12. The summed E-state index contributed by atoms with van der Waals surface area (Å²) >= 11 is 5.80. The predicted molar refractivity (Wildman–Crippen MR) is 70.6 cm³/mol. The molecule has 96 valence electrons. The summed E-state index contributed by atoms with van der Waals surface area (Å²) in [5.74, 6) is 0.305. The van der Waals surface area contributed by atoms with Crippen molar-refractivity contribution in [1.29, 1.82) is 5.26 Å². The second kappa shape index (κ2) is 5.50. The maximum absolute atomic E-state index is 9.09. The van der Waals surface area contributed by atoms with Crippen molar-refractivity contribution in [2.45, 2.75) is 0 Å². The number of benzene rings is 1. The van der Waals surface area contributed by atoms with Crippen molar-refractivity contribution in [3.63, 3.8) is 0 Å². The lowest BCUT2D eigenvalue weighted by Crippen LogP contribution is -2.15. The van der Waals surface area contributed by atoms with E-state index in [1.165, 1.54) is 7.11 Å². The van der Waals surface area contributed by atoms with Crippen molar-refractivity contribution in [2.24, 2.45) is 0 Å². The Morgan fingerprint density at radius 1 is 1.26 bits per heavy atom. The molecule has 1 heterocycles. The van der Waals surface area contributed by atoms with Gasteiger partial charge in [-0.1, -0.05) is 12.1 Å². The molecule has 0 aliphatic carbocycles. The summed E-state index contributed by atoms with van der Waals surface area (Å²) in [6.45, 7) is 0. The number of nitrogens with zero attached hydrogens (tertiary/aromatic N) is 5. The summed E-state index contributed by atoms with van der Waals surface area (Å²) in [4.78, 5) is 13.6. The fraction of sp³-hybridized carbons (Fsp3) is 0.167. The first-order chi connectivity index (χ1) is 9.15. The highest BCUT2D eigenvalue weighted by Crippen LogP contribution is 2.25. The van der Waals surface area contributed by atoms with E-state index < -0.39 is 0 Å². The Hall–Kier alpha value is -2.39. The lowest BCUT2D eigenvalue weighted by molar-refractivity contribution is 0.378. The number of halogens is 1. The van der Waals surface area contributed by atoms with Crippen LogP contribution in [0.15, 0.2) is 24.3 Å². The summed E-state index contributed by atoms with van der Waals surface area (Å²) in [6.07, 6.45) is 0. The van der Waals surface area contributed by atoms with Crippen LogP contribution in [0.4, 0.5) is 11.6 Å². The van der Waals surface area contributed by atoms with Crippen molar-refractivity contribution >= 4 is 23.2 Å². The highest BCUT2D eigenvalue weighted by Gasteiger charge is 2.14. The lowest BCUT2D eigenvalue weighted by Gasteiger charge is -2.18. The largest absolute Gasteiger partial charge is 0.467 e. The van der Waals surface area contributed by atoms with E-state index in [2.05, 4.69) is 21.0 Å². The van der Waals surface area contributed by atoms with Crippen LogP contribution in [0.2, 0.25) is 5.28 Å². The number of ether oxygens (including phenoxy) is 1. The first-order valence-corrected chi connectivity index (χ1v) is 5.72. The van der Waals surface area contributed by atoms with Gasteiger partial charge in [0.2, 0.25) is 11.2 Å². The topological polar surface area (TPSA) is 74.9 Å². The molecule has 0 fully saturated rings. The number of para-hydroxylation sites is 1. The van der Waals surface area contributed by atoms with Gasteiger partial charge in [0, 0.05) is 7.05 Å². The van der Waals surface area contributed by atoms with Gasteiger partial charge in [-0.25, -0.2) is 0 Å². The molecule has 2 aromatic rings. The zero-order chi connectivity index (χ0) is 13.8. The molecule has 0 aliphatic rings. The zero-order valence-corrected chi connectivity index (χ0v) is 11.1. The molecule has 0 unspecified atom stereocenters. The number of aromatic nitrogens is 3. The fourth-order valence-corrected chi connectivity index (χ4v) is 1.68. The summed E-state index contributed by atoms with van der Waals surface area (Å²) < 4.78 is 4.94. The molecule has 0 amide bonds. The van der Waals surface area contributed by atoms with Gasteiger partial charge in [-0.05, 0) is 23.7 Å². The van der Waals surface area contributed by atoms with Crippen LogP contribution in [-0.2, 0) is 0 Å². The van der Waals surface area contributed by atoms with Crippen LogP contribution in [0.3, 0.4) is 0 Å². The molecular formula is C12H10ClN5O. The molecule has 0 saturated carbocycles. The van der Waals surface area contributed by atoms with E-state index in [1.807, 2.05) is 6.07 Å². The molecule has 6 nitrogen and oxygen atoms in total. The van der Waals surface area contributed by atoms with Gasteiger partial charge >= 0.3 is 6.01 Å². The molecule has 0 N–H and O–H groups in total. The number of anilines is 2. The van der Waals surface area contributed by atoms with E-state index in [1.54, 1.807) is 30.1 Å². The van der Waals surface area contributed by atoms with Gasteiger partial charge in [-0.2, -0.15) is 20.2 Å². The fourth-order valence-electron chi connectivity index (χ4n) is 1.53. The smallest absolute Gasteiger partial charge is 0.322 e. The first-order valence-electron chi connectivity index (χ1n) is 5.34. The third kappa shape index (κ3) is 2.72. The Morgan fingerprint density at radius 3 is 2.68 bits per heavy atom. The number of hydrogen-bond acceptors (Lipinski definition) is 6. The average molecular weight is 276 g/mol. The molecule has 0 saturated heterocycles. The lowest BCUT2D eigenvalue weighted by atomic mass is 10.2. The van der Waals surface area contributed by atoms with Crippen LogP contribution in [0, 0.1) is 11.3 Å². The number of hydrogen-bond donors (Lipinski definition) is 0. The Bertz CT molecular complexity index is 640. The van der Waals surface area contributed by atoms with Crippen LogP contribution in [0.5, 0.6) is 6.01 Å². The van der Waals surface area contributed by atoms with Crippen LogP contribution in [-0.4, -0.2) is 29.1 Å². The zero-order valence-electron chi connectivity index (χ0n) is 10.3. The minimum atomic E-state index is 0.0307. The van der Waals surface area contributed by atoms with Crippen LogP contribution in [0.1, 0.15) is 5.56 Å². The van der Waals surface area contributed by atoms with Crippen molar-refractivity contribution in [2.75, 3.05) is 19.1 Å². The van der Waals surface area contributed by atoms with Crippen LogP contribution < -0.4 is 9.64 Å². The predicted octanol–water partition coefficient (Wildman–Crippen LogP) is 2.17. The van der Waals surface area contributed by atoms with Gasteiger partial charge in [0.1, 0.15) is 6.07 Å². The van der Waals surface area contributed by atoms with Gasteiger partial charge in [0.05, 0.1) is 18.4 Å². The van der Waals surface area contributed by atoms with Crippen molar-refractivity contribution < 1.29 is 4.74 Å². The highest BCUT2D eigenvalue weighted by molar-refractivity contribution is 6.28. The van der Waals surface area contributed by atoms with E-state index in [9.17, 15) is 0 Å². The molecular weight excluding hydrogens is 266 g/mol. The molecule has 0 spiro atoms. The second-order valence-corrected chi connectivity index (χ2v) is 3.92. The van der Waals surface area contributed by atoms with E-state index in [0.717, 1.165) is 0 Å². The van der Waals surface area contributed by atoms with Crippen LogP contribution >= 0.6 is 11.6 Å². The molecule has 2 rings (SSSR count). The van der Waals surface area contributed by atoms with Gasteiger partial charge in [-0.15, -0.1) is 0 Å². The molecule has 0 bridgehead atoms. The number of methoxy groups -OCH3 is 1. The molecule has 1 aromatic carbocycles. The summed E-state index contributed by atoms with van der Waals surface area (Å²) in [7, 11) is 3.18. The van der Waals surface area contributed by atoms with Crippen molar-refractivity contribution in [1.82, 2.24) is 15.0 Å². The van der Waals surface area contributed by atoms with Gasteiger partial charge in [0.15, 0.2) is 0 Å². The van der Waals surface area contributed by atoms with E-state index in [0.29, 0.717) is 17.2 Å². The van der Waals surface area contributed by atoms with Crippen molar-refractivity contribution in [3.05, 3.63) is 35.1 Å². The van der Waals surface area contributed by atoms with Gasteiger partial charge in [0.25, 0.3) is 0 Å². The second-order valence-electron chi connectivity index (χ2n) is 3.58. The summed E-state index contributed by atoms with van der Waals surface area (Å²) in [5.41, 5.74) is 1.19. The summed E-state index contributed by atoms with van der Waals surface area (Å²) in [6, 6.07) is 9.36. The molecule has 1 aromatic heterocycles. The minimum absolute atomic E-state index is 0.0307. The number of nitriles is 1. The quantitative estimate of drug-likeness (QED) is 0.854. The third-order valence-electron chi connectivity index (χ3n) is 2.44. The normalized spacial score (nSPS) is 9.79. The average Bonchev–Trinajstić information content (AvgIpc) is 2.45. The molecule has 0 aliphatic heterocycles. The van der Waals surface area contributed by atoms with E-state index in [4.69, 9.17) is 21.6 Å². The van der Waals surface area contributed by atoms with Gasteiger partial charge in [-0.3, -0.25) is 0 Å². The maximum Gasteiger partial charge on any atom is 0.322 e. The Morgan fingerprint density at radius 2 is 2.00 bits per heavy atom.